The van der Waals surface area contributed by atoms with Crippen LogP contribution >= 0.6 is 0 Å². The van der Waals surface area contributed by atoms with Crippen LogP contribution < -0.4 is 34.7 Å². The van der Waals surface area contributed by atoms with Gasteiger partial charge in [0.2, 0.25) is 11.1 Å². The first kappa shape index (κ1) is 23.6. The Morgan fingerprint density at radius 3 is 2.14 bits per heavy atom. The molecule has 118 valence electrons. The van der Waals surface area contributed by atoms with Crippen LogP contribution in [0.4, 0.5) is 0 Å². The third-order valence-electron chi connectivity index (χ3n) is 2.14. The van der Waals surface area contributed by atoms with Gasteiger partial charge >= 0.3 is 49.7 Å². The molecule has 0 aromatic carbocycles. The van der Waals surface area contributed by atoms with Gasteiger partial charge in [-0.15, -0.1) is 0 Å². The number of carbonyl (C=O) groups is 2. The molecule has 1 N–H and O–H groups in total. The third kappa shape index (κ3) is 5.78. The molecule has 21 heavy (non-hydrogen) atoms. The van der Waals surface area contributed by atoms with Crippen molar-refractivity contribution >= 4 is 44.3 Å². The summed E-state index contributed by atoms with van der Waals surface area (Å²) in [5.41, 5.74) is 0. The predicted molar refractivity (Wildman–Crippen MR) is 67.4 cm³/mol. The molecule has 3 atom stereocenters. The number of carboxylic acids is 1. The molecule has 0 heterocycles. The monoisotopic (exact) mass is 372 g/mol. The normalized spacial score (nSPS) is 17.0. The SMILES string of the molecule is CCS(=O)OC(=O)C(CC(=O)[O-])([S+]([O-])CC)S(=O)(=O)O.[Na+]. The molecule has 0 saturated carbocycles. The molecule has 0 aromatic rings. The van der Waals surface area contributed by atoms with Crippen LogP contribution in [-0.2, 0) is 46.1 Å². The van der Waals surface area contributed by atoms with Gasteiger partial charge in [0, 0.05) is 5.97 Å². The molecule has 0 bridgehead atoms. The van der Waals surface area contributed by atoms with E-state index in [1.54, 1.807) is 0 Å². The molecule has 0 aliphatic rings. The number of carboxylic acid groups (broad SMARTS) is 1. The number of aliphatic carboxylic acids is 1. The van der Waals surface area contributed by atoms with Crippen LogP contribution in [0.3, 0.4) is 0 Å². The van der Waals surface area contributed by atoms with E-state index in [4.69, 9.17) is 4.55 Å². The summed E-state index contributed by atoms with van der Waals surface area (Å²) in [6.07, 6.45) is -1.58. The van der Waals surface area contributed by atoms with Crippen molar-refractivity contribution in [1.82, 2.24) is 0 Å². The minimum atomic E-state index is -5.42. The maximum Gasteiger partial charge on any atom is 1.00 e. The molecular weight excluding hydrogens is 359 g/mol. The Hall–Kier alpha value is 0.310. The van der Waals surface area contributed by atoms with Crippen LogP contribution in [-0.4, -0.2) is 49.3 Å². The Labute approximate surface area is 149 Å². The zero-order valence-electron chi connectivity index (χ0n) is 11.6. The van der Waals surface area contributed by atoms with E-state index in [0.717, 1.165) is 0 Å². The second kappa shape index (κ2) is 9.45. The van der Waals surface area contributed by atoms with Crippen molar-refractivity contribution in [3.8, 4) is 0 Å². The van der Waals surface area contributed by atoms with E-state index in [1.807, 2.05) is 0 Å². The van der Waals surface area contributed by atoms with Gasteiger partial charge in [-0.25, -0.2) is 9.00 Å². The molecule has 3 unspecified atom stereocenters. The number of carbonyl (C=O) groups excluding carboxylic acids is 2. The molecule has 0 aliphatic carbocycles. The van der Waals surface area contributed by atoms with Gasteiger partial charge in [0.05, 0.1) is 12.2 Å². The maximum absolute atomic E-state index is 11.8. The van der Waals surface area contributed by atoms with Gasteiger partial charge in [-0.3, -0.25) is 4.55 Å². The van der Waals surface area contributed by atoms with Crippen molar-refractivity contribution in [3.05, 3.63) is 0 Å². The molecule has 0 fully saturated rings. The zero-order valence-corrected chi connectivity index (χ0v) is 16.0. The summed E-state index contributed by atoms with van der Waals surface area (Å²) < 4.78 is 55.8. The average Bonchev–Trinajstić information content (AvgIpc) is 2.32. The van der Waals surface area contributed by atoms with E-state index in [-0.39, 0.29) is 35.3 Å². The second-order valence-electron chi connectivity index (χ2n) is 3.37. The average molecular weight is 372 g/mol. The standard InChI is InChI=1S/C8H14O9S3.Na/c1-3-18(12)8(5-6(9)10,20(14,15)16)7(11)17-19(13)4-2;/h3-5H2,1-2H3,(H,9,10)(H,14,15,16);/q;+1/p-1. The van der Waals surface area contributed by atoms with Gasteiger partial charge in [-0.05, 0) is 18.1 Å². The molecule has 0 aromatic heterocycles. The summed E-state index contributed by atoms with van der Waals surface area (Å²) in [5.74, 6) is -4.55. The van der Waals surface area contributed by atoms with Crippen molar-refractivity contribution in [2.45, 2.75) is 24.3 Å². The van der Waals surface area contributed by atoms with Crippen LogP contribution in [0, 0.1) is 0 Å². The summed E-state index contributed by atoms with van der Waals surface area (Å²) in [6, 6.07) is 0. The largest absolute Gasteiger partial charge is 1.00 e. The van der Waals surface area contributed by atoms with Crippen LogP contribution in [0.25, 0.3) is 0 Å². The van der Waals surface area contributed by atoms with Crippen molar-refractivity contribution in [3.63, 3.8) is 0 Å². The van der Waals surface area contributed by atoms with Gasteiger partial charge in [0.15, 0.2) is 0 Å². The Balaban J connectivity index is 0. The summed E-state index contributed by atoms with van der Waals surface area (Å²) in [6.45, 7) is 2.55. The first-order valence-corrected chi connectivity index (χ1v) is 9.19. The third-order valence-corrected chi connectivity index (χ3v) is 6.85. The Morgan fingerprint density at radius 1 is 1.38 bits per heavy atom. The number of hydrogen-bond donors (Lipinski definition) is 1. The van der Waals surface area contributed by atoms with E-state index in [9.17, 15) is 31.9 Å². The minimum Gasteiger partial charge on any atom is -0.615 e. The predicted octanol–water partition coefficient (Wildman–Crippen LogP) is -5.29. The van der Waals surface area contributed by atoms with Gasteiger partial charge < -0.3 is 18.6 Å². The molecule has 0 rings (SSSR count). The molecule has 0 radical (unpaired) electrons. The molecule has 0 saturated heterocycles. The molecule has 13 heteroatoms. The Bertz CT molecular complexity index is 505. The summed E-state index contributed by atoms with van der Waals surface area (Å²) in [4.78, 5) is 22.4. The number of rotatable bonds is 8. The number of hydrogen-bond acceptors (Lipinski definition) is 8. The minimum absolute atomic E-state index is 0. The summed E-state index contributed by atoms with van der Waals surface area (Å²) in [7, 11) is -5.42. The van der Waals surface area contributed by atoms with Crippen molar-refractivity contribution in [2.24, 2.45) is 0 Å². The van der Waals surface area contributed by atoms with Crippen molar-refractivity contribution in [1.29, 1.82) is 0 Å². The van der Waals surface area contributed by atoms with E-state index < -0.39 is 60.6 Å². The summed E-state index contributed by atoms with van der Waals surface area (Å²) in [5, 5.41) is 10.6. The smallest absolute Gasteiger partial charge is 0.615 e. The quantitative estimate of drug-likeness (QED) is 0.249. The molecule has 0 aliphatic heterocycles. The fourth-order valence-corrected chi connectivity index (χ4v) is 4.54. The second-order valence-corrected chi connectivity index (χ2v) is 8.60. The molecular formula is C8H13NaO9S3. The van der Waals surface area contributed by atoms with Crippen molar-refractivity contribution in [2.75, 3.05) is 11.5 Å². The topological polar surface area (TPSA) is 161 Å². The van der Waals surface area contributed by atoms with Gasteiger partial charge in [0.1, 0.15) is 5.75 Å². The van der Waals surface area contributed by atoms with Gasteiger partial charge in [0.25, 0.3) is 0 Å². The van der Waals surface area contributed by atoms with E-state index in [1.165, 1.54) is 13.8 Å². The molecule has 0 amide bonds. The molecule has 0 spiro atoms. The van der Waals surface area contributed by atoms with Crippen LogP contribution in [0.5, 0.6) is 0 Å². The van der Waals surface area contributed by atoms with Crippen LogP contribution in [0.1, 0.15) is 20.3 Å². The zero-order chi connectivity index (χ0) is 16.1. The Kier molecular flexibility index (Phi) is 10.6. The Morgan fingerprint density at radius 2 is 1.86 bits per heavy atom. The fraction of sp³-hybridized carbons (Fsp3) is 0.750. The first-order chi connectivity index (χ1) is 9.02. The van der Waals surface area contributed by atoms with Crippen molar-refractivity contribution < 1.29 is 70.2 Å². The molecule has 9 nitrogen and oxygen atoms in total. The van der Waals surface area contributed by atoms with E-state index in [2.05, 4.69) is 4.18 Å². The van der Waals surface area contributed by atoms with Gasteiger partial charge in [-0.2, -0.15) is 8.42 Å². The van der Waals surface area contributed by atoms with Gasteiger partial charge in [-0.1, -0.05) is 6.92 Å². The van der Waals surface area contributed by atoms with Crippen LogP contribution in [0.15, 0.2) is 0 Å². The summed E-state index contributed by atoms with van der Waals surface area (Å²) >= 11 is -4.87. The maximum atomic E-state index is 11.8. The fourth-order valence-electron chi connectivity index (χ4n) is 1.19. The van der Waals surface area contributed by atoms with Crippen LogP contribution in [0.2, 0.25) is 0 Å². The first-order valence-electron chi connectivity index (χ1n) is 5.19. The van der Waals surface area contributed by atoms with E-state index >= 15 is 0 Å². The van der Waals surface area contributed by atoms with E-state index in [0.29, 0.717) is 0 Å².